The molecule has 0 spiro atoms. The average molecular weight is 5620 g/mol. The van der Waals surface area contributed by atoms with Crippen molar-refractivity contribution in [3.63, 3.8) is 0 Å². The van der Waals surface area contributed by atoms with Crippen molar-refractivity contribution in [1.82, 2.24) is 0 Å². The van der Waals surface area contributed by atoms with E-state index in [4.69, 9.17) is 0 Å². The van der Waals surface area contributed by atoms with E-state index in [0.717, 1.165) is 0 Å². The van der Waals surface area contributed by atoms with Gasteiger partial charge in [0.1, 0.15) is 0 Å². The molecule has 0 N–H and O–H groups in total. The van der Waals surface area contributed by atoms with Crippen LogP contribution in [0.25, 0.3) is 0 Å². The van der Waals surface area contributed by atoms with Crippen molar-refractivity contribution < 1.29 is 2060 Å². The summed E-state index contributed by atoms with van der Waals surface area (Å²) in [6.07, 6.45) is 0. The van der Waals surface area contributed by atoms with E-state index < -0.39 is 0 Å². The Morgan fingerprint density at radius 1 is 0.0312 bits per heavy atom. The van der Waals surface area contributed by atoms with Crippen LogP contribution in [0.3, 0.4) is 0 Å². The van der Waals surface area contributed by atoms with Gasteiger partial charge in [-0.3, -0.25) is 0 Å². The standard InChI is InChI=1S/CH3.63Y/h1H3;;;;;;;;;;;;;;;;;;;;;;;;;;;;;;;;;;;;;;;;;;;;;;;;;;;;;;;;;;;;;;;/q-1;;;;;;;;;;;;;;;;;;;;;;;;;;;;;;;;;;;;;;;;;;;;;;;;;;;;;;;;;;;;;;;. The van der Waals surface area contributed by atoms with Crippen LogP contribution in [0, 0.1) is 7.43 Å². The van der Waals surface area contributed by atoms with E-state index in [1.165, 1.54) is 0 Å². The summed E-state index contributed by atoms with van der Waals surface area (Å²) in [6, 6.07) is 0. The normalized spacial score (nSPS) is 0. The second-order valence-electron chi connectivity index (χ2n) is 0. The Bertz CT molecular complexity index is 7.43. The first-order chi connectivity index (χ1) is 0. The van der Waals surface area contributed by atoms with Crippen LogP contribution in [0.1, 0.15) is 0 Å². The molecule has 0 aromatic carbocycles. The van der Waals surface area contributed by atoms with Gasteiger partial charge in [-0.25, -0.2) is 0 Å². The van der Waals surface area contributed by atoms with Gasteiger partial charge in [-0.2, -0.15) is 0 Å². The molecule has 0 aromatic rings. The first-order valence-electron chi connectivity index (χ1n) is 0. The van der Waals surface area contributed by atoms with Crippen molar-refractivity contribution in [3.8, 4) is 0 Å². The van der Waals surface area contributed by atoms with Crippen LogP contribution in [-0.2, 0) is 2060 Å². The van der Waals surface area contributed by atoms with E-state index in [1.54, 1.807) is 0 Å². The summed E-state index contributed by atoms with van der Waals surface area (Å²) in [5, 5.41) is 0. The molecule has 0 aliphatic carbocycles. The number of rotatable bonds is 0. The fourth-order valence-corrected chi connectivity index (χ4v) is 0. The van der Waals surface area contributed by atoms with Gasteiger partial charge < -0.3 is 7.43 Å². The molecule has 0 aromatic heterocycles. The van der Waals surface area contributed by atoms with E-state index >= 15 is 0 Å². The van der Waals surface area contributed by atoms with E-state index in [0.29, 0.717) is 0 Å². The van der Waals surface area contributed by atoms with Gasteiger partial charge in [-0.15, -0.1) is 0 Å². The summed E-state index contributed by atoms with van der Waals surface area (Å²) in [5.74, 6) is 0. The van der Waals surface area contributed by atoms with Gasteiger partial charge in [-0.05, 0) is 0 Å². The SMILES string of the molecule is [CH3-].[Y].[Y].[Y].[Y].[Y].[Y].[Y].[Y].[Y].[Y].[Y].[Y].[Y].[Y].[Y].[Y].[Y].[Y].[Y].[Y].[Y].[Y].[Y].[Y].[Y].[Y].[Y].[Y].[Y].[Y].[Y].[Y].[Y].[Y].[Y].[Y].[Y].[Y].[Y].[Y].[Y].[Y].[Y].[Y].[Y].[Y].[Y].[Y].[Y].[Y].[Y].[Y].[Y].[Y].[Y].[Y].[Y].[Y].[Y].[Y].[Y].[Y].[Y]. The molecule has 0 bridgehead atoms. The van der Waals surface area contributed by atoms with Crippen molar-refractivity contribution in [2.75, 3.05) is 0 Å². The van der Waals surface area contributed by atoms with Crippen molar-refractivity contribution in [2.24, 2.45) is 0 Å². The molecule has 0 atom stereocenters. The Morgan fingerprint density at radius 2 is 0.0312 bits per heavy atom. The predicted molar refractivity (Wildman–Crippen MR) is 6.41 cm³/mol. The van der Waals surface area contributed by atoms with Crippen molar-refractivity contribution in [1.29, 1.82) is 0 Å². The molecule has 0 rings (SSSR count). The maximum Gasteiger partial charge on any atom is 0 e. The smallest absolute Gasteiger partial charge is 0 e. The topological polar surface area (TPSA) is 0 Å². The van der Waals surface area contributed by atoms with Crippen molar-refractivity contribution in [2.45, 2.75) is 0 Å². The molecule has 0 fully saturated rings. The Hall–Kier alpha value is 69.5. The average Bonchev–Trinajstić information content (AvgIpc) is 0. The molecular formula is CH3Y63-. The summed E-state index contributed by atoms with van der Waals surface area (Å²) in [4.78, 5) is 0. The minimum Gasteiger partial charge on any atom is -0.358 e. The van der Waals surface area contributed by atoms with E-state index in [-0.39, 0.29) is 2070 Å². The second kappa shape index (κ2) is 474. The zero-order valence-electron chi connectivity index (χ0n) is 37.4. The third-order valence-corrected chi connectivity index (χ3v) is 0. The molecule has 0 saturated carbocycles. The van der Waals surface area contributed by atoms with Crippen LogP contribution in [-0.4, -0.2) is 0 Å². The van der Waals surface area contributed by atoms with Gasteiger partial charge in [0.05, 0.1) is 0 Å². The van der Waals surface area contributed by atoms with Gasteiger partial charge in [0.2, 0.25) is 0 Å². The zero-order valence-corrected chi connectivity index (χ0v) is 216. The summed E-state index contributed by atoms with van der Waals surface area (Å²) in [5.41, 5.74) is 0. The third kappa shape index (κ3) is 464. The minimum absolute atomic E-state index is 0. The van der Waals surface area contributed by atoms with Crippen LogP contribution < -0.4 is 0 Å². The molecule has 0 amide bonds. The summed E-state index contributed by atoms with van der Waals surface area (Å²) in [7, 11) is 0. The first-order valence-corrected chi connectivity index (χ1v) is 0. The molecule has 0 nitrogen and oxygen atoms in total. The first kappa shape index (κ1) is 485. The molecular weight excluding hydrogens is 5610 g/mol. The fraction of sp³-hybridized carbons (Fsp3) is 0. The molecule has 0 aliphatic rings. The van der Waals surface area contributed by atoms with Crippen LogP contribution >= 0.6 is 0 Å². The van der Waals surface area contributed by atoms with Gasteiger partial charge in [0.25, 0.3) is 0 Å². The molecule has 0 aliphatic heterocycles. The van der Waals surface area contributed by atoms with Gasteiger partial charge in [-0.1, -0.05) is 0 Å². The monoisotopic (exact) mass is 5620 g/mol. The Balaban J connectivity index is 0. The van der Waals surface area contributed by atoms with Crippen LogP contribution in [0.15, 0.2) is 0 Å². The summed E-state index contributed by atoms with van der Waals surface area (Å²) in [6.45, 7) is 0. The summed E-state index contributed by atoms with van der Waals surface area (Å²) >= 11 is 0. The van der Waals surface area contributed by atoms with E-state index in [1.807, 2.05) is 0 Å². The predicted octanol–water partition coefficient (Wildman–Crippen LogP) is 0.293. The number of hydrogen-bond acceptors (Lipinski definition) is 0. The van der Waals surface area contributed by atoms with E-state index in [2.05, 4.69) is 0 Å². The van der Waals surface area contributed by atoms with Crippen molar-refractivity contribution >= 4 is 0 Å². The largest absolute Gasteiger partial charge is 0.358 e. The molecule has 0 saturated heterocycles. The van der Waals surface area contributed by atoms with Gasteiger partial charge in [0, 0.05) is 2060 Å². The van der Waals surface area contributed by atoms with Crippen LogP contribution in [0.4, 0.5) is 0 Å². The zero-order chi connectivity index (χ0) is 0. The van der Waals surface area contributed by atoms with Crippen LogP contribution in [0.5, 0.6) is 0 Å². The molecule has 63 radical (unpaired) electrons. The molecule has 0 unspecified atom stereocenters. The maximum absolute atomic E-state index is 0. The number of hydrogen-bond donors (Lipinski definition) is 0. The minimum atomic E-state index is 0. The third-order valence-electron chi connectivity index (χ3n) is 0. The fourth-order valence-electron chi connectivity index (χ4n) is 0. The molecule has 197 valence electrons. The van der Waals surface area contributed by atoms with Gasteiger partial charge in [0.15, 0.2) is 0 Å². The maximum atomic E-state index is 0. The molecule has 0 heterocycles. The Kier molecular flexibility index (Phi) is 3590. The Labute approximate surface area is 1990 Å². The Morgan fingerprint density at radius 3 is 0.0312 bits per heavy atom. The second-order valence-corrected chi connectivity index (χ2v) is 0. The summed E-state index contributed by atoms with van der Waals surface area (Å²) < 4.78 is 0. The van der Waals surface area contributed by atoms with Gasteiger partial charge >= 0.3 is 0 Å². The van der Waals surface area contributed by atoms with E-state index in [9.17, 15) is 0 Å². The molecule has 64 heavy (non-hydrogen) atoms. The quantitative estimate of drug-likeness (QED) is 0.307. The molecule has 63 heteroatoms. The van der Waals surface area contributed by atoms with Crippen LogP contribution in [0.2, 0.25) is 0 Å². The van der Waals surface area contributed by atoms with Crippen molar-refractivity contribution in [3.05, 3.63) is 7.43 Å².